The van der Waals surface area contributed by atoms with Crippen molar-refractivity contribution in [1.82, 2.24) is 9.80 Å². The highest BCUT2D eigenvalue weighted by molar-refractivity contribution is 7.10. The van der Waals surface area contributed by atoms with E-state index >= 15 is 0 Å². The second-order valence-electron chi connectivity index (χ2n) is 9.91. The zero-order valence-electron chi connectivity index (χ0n) is 22.0. The molecule has 2 aromatic heterocycles. The van der Waals surface area contributed by atoms with Crippen molar-refractivity contribution in [3.63, 3.8) is 0 Å². The van der Waals surface area contributed by atoms with E-state index in [0.717, 1.165) is 17.7 Å². The van der Waals surface area contributed by atoms with E-state index in [4.69, 9.17) is 9.15 Å². The maximum absolute atomic E-state index is 14.5. The van der Waals surface area contributed by atoms with E-state index in [-0.39, 0.29) is 37.2 Å². The van der Waals surface area contributed by atoms with Crippen LogP contribution in [0.5, 0.6) is 5.75 Å². The van der Waals surface area contributed by atoms with Gasteiger partial charge in [0, 0.05) is 11.4 Å². The number of hydrogen-bond donors (Lipinski definition) is 0. The number of ether oxygens (including phenoxy) is 1. The van der Waals surface area contributed by atoms with Crippen LogP contribution in [-0.2, 0) is 17.8 Å². The monoisotopic (exact) mass is 546 g/mol. The van der Waals surface area contributed by atoms with Crippen LogP contribution in [0.2, 0.25) is 0 Å². The molecule has 0 N–H and O–H groups in total. The molecule has 1 aliphatic heterocycles. The minimum Gasteiger partial charge on any atom is -0.491 e. The Morgan fingerprint density at radius 2 is 1.90 bits per heavy atom. The Morgan fingerprint density at radius 1 is 1.10 bits per heavy atom. The molecule has 0 fully saturated rings. The summed E-state index contributed by atoms with van der Waals surface area (Å²) in [7, 11) is 0. The summed E-state index contributed by atoms with van der Waals surface area (Å²) < 4.78 is 26.1. The Morgan fingerprint density at radius 3 is 2.62 bits per heavy atom. The van der Waals surface area contributed by atoms with Crippen molar-refractivity contribution in [3.8, 4) is 5.75 Å². The van der Waals surface area contributed by atoms with Crippen molar-refractivity contribution in [2.24, 2.45) is 0 Å². The number of benzene rings is 2. The predicted octanol–water partition coefficient (Wildman–Crippen LogP) is 6.45. The first kappa shape index (κ1) is 26.7. The molecule has 4 aromatic rings. The lowest BCUT2D eigenvalue weighted by atomic mass is 10.00. The third-order valence-electron chi connectivity index (χ3n) is 7.01. The number of thiophene rings is 1. The molecule has 0 bridgehead atoms. The first-order valence-electron chi connectivity index (χ1n) is 13.1. The van der Waals surface area contributed by atoms with Crippen LogP contribution in [0.4, 0.5) is 4.39 Å². The van der Waals surface area contributed by atoms with E-state index in [2.05, 4.69) is 26.0 Å². The summed E-state index contributed by atoms with van der Waals surface area (Å²) in [6.07, 6.45) is 2.24. The smallest absolute Gasteiger partial charge is 0.257 e. The molecule has 2 amide bonds. The topological polar surface area (TPSA) is 63.0 Å². The Kier molecular flexibility index (Phi) is 8.12. The number of furan rings is 1. The molecule has 1 atom stereocenters. The van der Waals surface area contributed by atoms with E-state index in [0.29, 0.717) is 18.2 Å². The van der Waals surface area contributed by atoms with Crippen molar-refractivity contribution in [1.29, 1.82) is 0 Å². The number of halogens is 1. The van der Waals surface area contributed by atoms with Crippen LogP contribution in [0.3, 0.4) is 0 Å². The molecular weight excluding hydrogens is 515 g/mol. The van der Waals surface area contributed by atoms with Crippen molar-refractivity contribution in [2.75, 3.05) is 19.7 Å². The second kappa shape index (κ2) is 11.9. The first-order valence-corrected chi connectivity index (χ1v) is 13.9. The van der Waals surface area contributed by atoms with Gasteiger partial charge in [-0.05, 0) is 71.3 Å². The molecule has 1 aliphatic rings. The molecule has 8 heteroatoms. The highest BCUT2D eigenvalue weighted by Gasteiger charge is 2.34. The fraction of sp³-hybridized carbons (Fsp3) is 0.290. The van der Waals surface area contributed by atoms with Crippen molar-refractivity contribution in [3.05, 3.63) is 112 Å². The molecule has 0 spiro atoms. The number of fused-ring (bicyclic) bond motifs is 1. The largest absolute Gasteiger partial charge is 0.491 e. The fourth-order valence-corrected chi connectivity index (χ4v) is 5.78. The fourth-order valence-electron chi connectivity index (χ4n) is 4.85. The zero-order chi connectivity index (χ0) is 27.4. The summed E-state index contributed by atoms with van der Waals surface area (Å²) in [5, 5.41) is 2.04. The molecule has 0 saturated carbocycles. The highest BCUT2D eigenvalue weighted by atomic mass is 32.1. The van der Waals surface area contributed by atoms with Gasteiger partial charge in [-0.3, -0.25) is 9.59 Å². The third kappa shape index (κ3) is 6.06. The van der Waals surface area contributed by atoms with Gasteiger partial charge in [0.15, 0.2) is 0 Å². The SMILES string of the molecule is CC(C)c1ccc(OCC2c3ccsc3CCN2C(=O)CN(Cc2ccco2)C(=O)c2ccccc2F)cc1. The van der Waals surface area contributed by atoms with Gasteiger partial charge in [0.1, 0.15) is 30.5 Å². The molecule has 2 aromatic carbocycles. The molecular formula is C31H31FN2O4S. The average Bonchev–Trinajstić information content (AvgIpc) is 3.64. The highest BCUT2D eigenvalue weighted by Crippen LogP contribution is 2.34. The first-order chi connectivity index (χ1) is 18.9. The number of nitrogens with zero attached hydrogens (tertiary/aromatic N) is 2. The lowest BCUT2D eigenvalue weighted by molar-refractivity contribution is -0.135. The Labute approximate surface area is 231 Å². The molecule has 0 aliphatic carbocycles. The summed E-state index contributed by atoms with van der Waals surface area (Å²) in [4.78, 5) is 31.5. The zero-order valence-corrected chi connectivity index (χ0v) is 22.8. The maximum atomic E-state index is 14.5. The van der Waals surface area contributed by atoms with E-state index < -0.39 is 11.7 Å². The normalized spacial score (nSPS) is 14.8. The predicted molar refractivity (Wildman–Crippen MR) is 148 cm³/mol. The summed E-state index contributed by atoms with van der Waals surface area (Å²) in [6.45, 7) is 4.92. The summed E-state index contributed by atoms with van der Waals surface area (Å²) in [5.41, 5.74) is 2.21. The number of rotatable bonds is 9. The van der Waals surface area contributed by atoms with Gasteiger partial charge < -0.3 is 19.0 Å². The van der Waals surface area contributed by atoms with Gasteiger partial charge >= 0.3 is 0 Å². The van der Waals surface area contributed by atoms with E-state index in [1.807, 2.05) is 23.6 Å². The van der Waals surface area contributed by atoms with Crippen molar-refractivity contribution >= 4 is 23.2 Å². The van der Waals surface area contributed by atoms with Gasteiger partial charge in [0.2, 0.25) is 5.91 Å². The van der Waals surface area contributed by atoms with Crippen molar-refractivity contribution in [2.45, 2.75) is 38.8 Å². The van der Waals surface area contributed by atoms with Crippen LogP contribution in [-0.4, -0.2) is 41.3 Å². The number of carbonyl (C=O) groups is 2. The molecule has 1 unspecified atom stereocenters. The van der Waals surface area contributed by atoms with Gasteiger partial charge in [0.25, 0.3) is 5.91 Å². The summed E-state index contributed by atoms with van der Waals surface area (Å²) in [5.74, 6) is 0.250. The van der Waals surface area contributed by atoms with Crippen LogP contribution in [0.15, 0.2) is 82.8 Å². The summed E-state index contributed by atoms with van der Waals surface area (Å²) in [6, 6.07) is 19.0. The molecule has 6 nitrogen and oxygen atoms in total. The van der Waals surface area contributed by atoms with Gasteiger partial charge in [-0.1, -0.05) is 38.1 Å². The standard InChI is InChI=1S/C31H31FN2O4S/c1-21(2)22-9-11-23(12-10-22)38-20-28-26-14-17-39-29(26)13-15-34(28)30(35)19-33(18-24-6-5-16-37-24)31(36)25-7-3-4-8-27(25)32/h3-12,14,16-17,21,28H,13,15,18-20H2,1-2H3. The Bertz CT molecular complexity index is 1410. The number of carbonyl (C=O) groups excluding carboxylic acids is 2. The van der Waals surface area contributed by atoms with E-state index in [1.54, 1.807) is 34.4 Å². The van der Waals surface area contributed by atoms with Crippen LogP contribution < -0.4 is 4.74 Å². The second-order valence-corrected chi connectivity index (χ2v) is 10.9. The van der Waals surface area contributed by atoms with Gasteiger partial charge in [-0.25, -0.2) is 4.39 Å². The van der Waals surface area contributed by atoms with Crippen LogP contribution >= 0.6 is 11.3 Å². The molecule has 3 heterocycles. The Balaban J connectivity index is 1.36. The van der Waals surface area contributed by atoms with Gasteiger partial charge in [0.05, 0.1) is 24.4 Å². The van der Waals surface area contributed by atoms with Crippen LogP contribution in [0, 0.1) is 5.82 Å². The van der Waals surface area contributed by atoms with Gasteiger partial charge in [-0.15, -0.1) is 11.3 Å². The van der Waals surface area contributed by atoms with Gasteiger partial charge in [-0.2, -0.15) is 0 Å². The third-order valence-corrected chi connectivity index (χ3v) is 8.01. The number of amides is 2. The lowest BCUT2D eigenvalue weighted by Gasteiger charge is -2.37. The average molecular weight is 547 g/mol. The van der Waals surface area contributed by atoms with E-state index in [9.17, 15) is 14.0 Å². The Hall–Kier alpha value is -3.91. The molecule has 39 heavy (non-hydrogen) atoms. The van der Waals surface area contributed by atoms with Crippen LogP contribution in [0.1, 0.15) is 57.9 Å². The van der Waals surface area contributed by atoms with E-state index in [1.165, 1.54) is 39.8 Å². The maximum Gasteiger partial charge on any atom is 0.257 e. The lowest BCUT2D eigenvalue weighted by Crippen LogP contribution is -2.47. The minimum absolute atomic E-state index is 0.0484. The minimum atomic E-state index is -0.630. The molecule has 0 radical (unpaired) electrons. The number of hydrogen-bond acceptors (Lipinski definition) is 5. The molecule has 202 valence electrons. The molecule has 0 saturated heterocycles. The van der Waals surface area contributed by atoms with Crippen molar-refractivity contribution < 1.29 is 23.1 Å². The summed E-state index contributed by atoms with van der Waals surface area (Å²) >= 11 is 1.68. The quantitative estimate of drug-likeness (QED) is 0.242. The van der Waals surface area contributed by atoms with Crippen LogP contribution in [0.25, 0.3) is 0 Å². The molecule has 5 rings (SSSR count).